The molecule has 11 atom stereocenters. The second-order valence-electron chi connectivity index (χ2n) is 12.8. The Labute approximate surface area is 188 Å². The zero-order chi connectivity index (χ0) is 21.6. The molecule has 1 spiro atoms. The molecule has 0 aromatic heterocycles. The maximum Gasteiger partial charge on any atom is 0.122 e. The molecule has 0 radical (unpaired) electrons. The zero-order valence-corrected chi connectivity index (χ0v) is 19.8. The standard InChI is InChI=1S/C27H43NO3/c1-16-24-23(31-27(16)11-6-17(15-29)14-28-27)13-22-20-5-4-18-12-19(30)7-9-25(18,2)21(20)8-10-26(22,24)3/h4,16-17,19-24,28-30H,5-15H2,1-3H3/t16-,17+,19-,20+,21-,22-,23-,24-,25-,26-,27+/m0/s1. The number of piperidine rings is 1. The Kier molecular flexibility index (Phi) is 4.80. The summed E-state index contributed by atoms with van der Waals surface area (Å²) in [5.74, 6) is 3.94. The van der Waals surface area contributed by atoms with E-state index < -0.39 is 0 Å². The molecule has 2 saturated heterocycles. The number of aliphatic hydroxyl groups excluding tert-OH is 2. The quantitative estimate of drug-likeness (QED) is 0.545. The smallest absolute Gasteiger partial charge is 0.122 e. The monoisotopic (exact) mass is 429 g/mol. The molecule has 0 bridgehead atoms. The Morgan fingerprint density at radius 1 is 1.13 bits per heavy atom. The van der Waals surface area contributed by atoms with Gasteiger partial charge in [-0.1, -0.05) is 32.4 Å². The van der Waals surface area contributed by atoms with E-state index in [2.05, 4.69) is 32.2 Å². The average molecular weight is 430 g/mol. The molecular formula is C27H43NO3. The van der Waals surface area contributed by atoms with E-state index in [4.69, 9.17) is 4.74 Å². The minimum atomic E-state index is -0.156. The number of ether oxygens (including phenoxy) is 1. The molecule has 174 valence electrons. The third-order valence-electron chi connectivity index (χ3n) is 11.7. The average Bonchev–Trinajstić information content (AvgIpc) is 3.20. The van der Waals surface area contributed by atoms with E-state index in [-0.39, 0.29) is 11.8 Å². The predicted molar refractivity (Wildman–Crippen MR) is 121 cm³/mol. The van der Waals surface area contributed by atoms with Crippen molar-refractivity contribution in [3.8, 4) is 0 Å². The number of hydrogen-bond acceptors (Lipinski definition) is 4. The van der Waals surface area contributed by atoms with Crippen LogP contribution in [0.15, 0.2) is 11.6 Å². The summed E-state index contributed by atoms with van der Waals surface area (Å²) < 4.78 is 6.96. The Bertz CT molecular complexity index is 758. The lowest BCUT2D eigenvalue weighted by atomic mass is 9.47. The van der Waals surface area contributed by atoms with E-state index >= 15 is 0 Å². The largest absolute Gasteiger partial charge is 0.396 e. The van der Waals surface area contributed by atoms with Crippen molar-refractivity contribution in [1.82, 2.24) is 5.32 Å². The van der Waals surface area contributed by atoms with Crippen LogP contribution in [-0.2, 0) is 4.74 Å². The van der Waals surface area contributed by atoms with Gasteiger partial charge in [-0.25, -0.2) is 0 Å². The number of nitrogens with one attached hydrogen (secondary N) is 1. The minimum absolute atomic E-state index is 0.116. The fourth-order valence-electron chi connectivity index (χ4n) is 9.92. The predicted octanol–water partition coefficient (Wildman–Crippen LogP) is 4.26. The van der Waals surface area contributed by atoms with E-state index in [1.165, 1.54) is 32.1 Å². The molecule has 0 unspecified atom stereocenters. The summed E-state index contributed by atoms with van der Waals surface area (Å²) in [6.45, 7) is 8.78. The Morgan fingerprint density at radius 2 is 1.97 bits per heavy atom. The topological polar surface area (TPSA) is 61.7 Å². The van der Waals surface area contributed by atoms with Gasteiger partial charge < -0.3 is 14.9 Å². The van der Waals surface area contributed by atoms with Gasteiger partial charge in [-0.15, -0.1) is 0 Å². The van der Waals surface area contributed by atoms with Crippen LogP contribution in [0.4, 0.5) is 0 Å². The van der Waals surface area contributed by atoms with Crippen molar-refractivity contribution in [1.29, 1.82) is 0 Å². The van der Waals surface area contributed by atoms with Crippen LogP contribution in [0.5, 0.6) is 0 Å². The van der Waals surface area contributed by atoms with Gasteiger partial charge in [-0.05, 0) is 98.2 Å². The highest BCUT2D eigenvalue weighted by atomic mass is 16.5. The molecule has 0 aromatic rings. The number of fused-ring (bicyclic) bond motifs is 7. The van der Waals surface area contributed by atoms with E-state index in [9.17, 15) is 10.2 Å². The SMILES string of the molecule is C[C@H]1[C@H]2[C@H](C[C@H]3[C@@H]4CC=C5C[C@@H](O)CC[C@]5(C)[C@H]4CC[C@]23C)O[C@]12CC[C@@H](CO)CN2. The second kappa shape index (κ2) is 7.04. The summed E-state index contributed by atoms with van der Waals surface area (Å²) in [7, 11) is 0. The zero-order valence-electron chi connectivity index (χ0n) is 19.8. The molecule has 0 amide bonds. The number of allylic oxidation sites excluding steroid dienone is 1. The van der Waals surface area contributed by atoms with Crippen LogP contribution in [-0.4, -0.2) is 41.3 Å². The van der Waals surface area contributed by atoms with Gasteiger partial charge in [0.1, 0.15) is 5.72 Å². The summed E-state index contributed by atoms with van der Waals surface area (Å²) in [5.41, 5.74) is 2.12. The van der Waals surface area contributed by atoms with Crippen molar-refractivity contribution >= 4 is 0 Å². The number of hydrogen-bond donors (Lipinski definition) is 3. The maximum atomic E-state index is 10.3. The van der Waals surface area contributed by atoms with Gasteiger partial charge in [-0.2, -0.15) is 0 Å². The highest BCUT2D eigenvalue weighted by molar-refractivity contribution is 5.26. The van der Waals surface area contributed by atoms with Crippen LogP contribution < -0.4 is 5.32 Å². The van der Waals surface area contributed by atoms with E-state index in [0.29, 0.717) is 41.3 Å². The second-order valence-corrected chi connectivity index (χ2v) is 12.8. The lowest BCUT2D eigenvalue weighted by Gasteiger charge is -2.58. The van der Waals surface area contributed by atoms with Crippen LogP contribution >= 0.6 is 0 Å². The van der Waals surface area contributed by atoms with Crippen LogP contribution in [0.25, 0.3) is 0 Å². The highest BCUT2D eigenvalue weighted by Crippen LogP contribution is 2.70. The van der Waals surface area contributed by atoms with Crippen LogP contribution in [0.2, 0.25) is 0 Å². The molecule has 3 N–H and O–H groups in total. The van der Waals surface area contributed by atoms with Crippen molar-refractivity contribution < 1.29 is 14.9 Å². The van der Waals surface area contributed by atoms with Crippen molar-refractivity contribution in [3.05, 3.63) is 11.6 Å². The number of aliphatic hydroxyl groups is 2. The summed E-state index contributed by atoms with van der Waals surface area (Å²) in [6, 6.07) is 0. The van der Waals surface area contributed by atoms with E-state index in [0.717, 1.165) is 50.0 Å². The molecule has 2 aliphatic heterocycles. The molecule has 31 heavy (non-hydrogen) atoms. The van der Waals surface area contributed by atoms with Gasteiger partial charge in [0.15, 0.2) is 0 Å². The van der Waals surface area contributed by atoms with Crippen LogP contribution in [0.1, 0.15) is 78.6 Å². The lowest BCUT2D eigenvalue weighted by Crippen LogP contribution is -2.57. The Balaban J connectivity index is 1.26. The van der Waals surface area contributed by atoms with Gasteiger partial charge in [0.05, 0.1) is 12.2 Å². The van der Waals surface area contributed by atoms with Crippen LogP contribution in [0.3, 0.4) is 0 Å². The van der Waals surface area contributed by atoms with Gasteiger partial charge in [-0.3, -0.25) is 5.32 Å². The highest BCUT2D eigenvalue weighted by Gasteiger charge is 2.68. The summed E-state index contributed by atoms with van der Waals surface area (Å²) in [6.07, 6.45) is 13.2. The molecule has 3 saturated carbocycles. The third kappa shape index (κ3) is 2.80. The molecule has 6 rings (SSSR count). The summed E-state index contributed by atoms with van der Waals surface area (Å²) >= 11 is 0. The van der Waals surface area contributed by atoms with Crippen molar-refractivity contribution in [2.45, 2.75) is 96.5 Å². The van der Waals surface area contributed by atoms with E-state index in [1.54, 1.807) is 5.57 Å². The van der Waals surface area contributed by atoms with Gasteiger partial charge >= 0.3 is 0 Å². The first-order chi connectivity index (χ1) is 14.8. The van der Waals surface area contributed by atoms with Gasteiger partial charge in [0, 0.05) is 19.1 Å². The molecule has 4 aliphatic carbocycles. The molecule has 0 aromatic carbocycles. The van der Waals surface area contributed by atoms with Gasteiger partial charge in [0.2, 0.25) is 0 Å². The molecule has 5 fully saturated rings. The van der Waals surface area contributed by atoms with Gasteiger partial charge in [0.25, 0.3) is 0 Å². The third-order valence-corrected chi connectivity index (χ3v) is 11.7. The Hall–Kier alpha value is -0.420. The van der Waals surface area contributed by atoms with Crippen molar-refractivity contribution in [2.24, 2.45) is 46.3 Å². The Morgan fingerprint density at radius 3 is 2.71 bits per heavy atom. The fraction of sp³-hybridized carbons (Fsp3) is 0.926. The first-order valence-corrected chi connectivity index (χ1v) is 13.2. The molecule has 2 heterocycles. The summed E-state index contributed by atoms with van der Waals surface area (Å²) in [4.78, 5) is 0. The number of rotatable bonds is 1. The first kappa shape index (κ1) is 21.1. The molecular weight excluding hydrogens is 386 g/mol. The van der Waals surface area contributed by atoms with Crippen LogP contribution in [0, 0.1) is 46.3 Å². The van der Waals surface area contributed by atoms with E-state index in [1.807, 2.05) is 0 Å². The van der Waals surface area contributed by atoms with Crippen molar-refractivity contribution in [2.75, 3.05) is 13.2 Å². The van der Waals surface area contributed by atoms with Crippen molar-refractivity contribution in [3.63, 3.8) is 0 Å². The summed E-state index contributed by atoms with van der Waals surface area (Å²) in [5, 5.41) is 23.6. The lowest BCUT2D eigenvalue weighted by molar-refractivity contribution is -0.118. The minimum Gasteiger partial charge on any atom is -0.396 e. The first-order valence-electron chi connectivity index (χ1n) is 13.2. The molecule has 4 heteroatoms. The molecule has 4 nitrogen and oxygen atoms in total. The normalized spacial score (nSPS) is 58.3. The molecule has 6 aliphatic rings. The maximum absolute atomic E-state index is 10.3. The fourth-order valence-corrected chi connectivity index (χ4v) is 9.92.